The minimum Gasteiger partial charge on any atom is -0.335 e. The van der Waals surface area contributed by atoms with E-state index < -0.39 is 9.84 Å². The van der Waals surface area contributed by atoms with Crippen LogP contribution in [0.25, 0.3) is 5.57 Å². The molecule has 0 radical (unpaired) electrons. The lowest BCUT2D eigenvalue weighted by Crippen LogP contribution is -2.52. The molecule has 158 valence electrons. The molecule has 6 heteroatoms. The second-order valence-electron chi connectivity index (χ2n) is 8.73. The van der Waals surface area contributed by atoms with Gasteiger partial charge in [0.15, 0.2) is 9.84 Å². The predicted molar refractivity (Wildman–Crippen MR) is 116 cm³/mol. The molecule has 1 aromatic carbocycles. The standard InChI is InChI=1S/C23H32N2O3S/c26-23(17-24-14-11-20(12-15-24)19-7-3-1-4-8-19)25(21-9-5-2-6-10-21)22-13-16-29(27,28)18-22/h1,3-4,7-8,11,21-22H,2,5-6,9-10,12-18H2. The molecule has 29 heavy (non-hydrogen) atoms. The Morgan fingerprint density at radius 3 is 2.41 bits per heavy atom. The molecule has 2 fully saturated rings. The van der Waals surface area contributed by atoms with Crippen LogP contribution in [0, 0.1) is 0 Å². The second-order valence-corrected chi connectivity index (χ2v) is 11.0. The molecule has 1 aliphatic carbocycles. The van der Waals surface area contributed by atoms with Gasteiger partial charge in [-0.3, -0.25) is 9.69 Å². The molecule has 3 aliphatic rings. The normalized spacial score (nSPS) is 25.5. The average molecular weight is 417 g/mol. The van der Waals surface area contributed by atoms with Crippen molar-refractivity contribution >= 4 is 21.3 Å². The van der Waals surface area contributed by atoms with E-state index in [4.69, 9.17) is 0 Å². The highest BCUT2D eigenvalue weighted by atomic mass is 32.2. The van der Waals surface area contributed by atoms with Crippen LogP contribution in [-0.4, -0.2) is 67.3 Å². The molecule has 0 bridgehead atoms. The van der Waals surface area contributed by atoms with E-state index in [9.17, 15) is 13.2 Å². The third-order valence-corrected chi connectivity index (χ3v) is 8.40. The summed E-state index contributed by atoms with van der Waals surface area (Å²) in [4.78, 5) is 17.5. The first-order chi connectivity index (χ1) is 14.0. The lowest BCUT2D eigenvalue weighted by Gasteiger charge is -2.39. The molecule has 4 rings (SSSR count). The van der Waals surface area contributed by atoms with Crippen LogP contribution in [0.1, 0.15) is 50.5 Å². The van der Waals surface area contributed by atoms with Gasteiger partial charge in [-0.1, -0.05) is 55.7 Å². The van der Waals surface area contributed by atoms with Crippen LogP contribution >= 0.6 is 0 Å². The minimum absolute atomic E-state index is 0.121. The fourth-order valence-electron chi connectivity index (χ4n) is 5.10. The zero-order valence-corrected chi connectivity index (χ0v) is 17.9. The van der Waals surface area contributed by atoms with Crippen molar-refractivity contribution in [2.75, 3.05) is 31.1 Å². The van der Waals surface area contributed by atoms with Gasteiger partial charge in [-0.15, -0.1) is 0 Å². The van der Waals surface area contributed by atoms with Gasteiger partial charge in [0.2, 0.25) is 5.91 Å². The summed E-state index contributed by atoms with van der Waals surface area (Å²) in [6.07, 6.45) is 9.31. The quantitative estimate of drug-likeness (QED) is 0.740. The number of sulfone groups is 1. The number of carbonyl (C=O) groups is 1. The van der Waals surface area contributed by atoms with Crippen LogP contribution in [0.15, 0.2) is 36.4 Å². The van der Waals surface area contributed by atoms with Crippen LogP contribution in [0.4, 0.5) is 0 Å². The highest BCUT2D eigenvalue weighted by Gasteiger charge is 2.38. The van der Waals surface area contributed by atoms with Gasteiger partial charge in [0.05, 0.1) is 18.1 Å². The van der Waals surface area contributed by atoms with E-state index in [1.54, 1.807) is 0 Å². The van der Waals surface area contributed by atoms with Gasteiger partial charge in [0, 0.05) is 25.2 Å². The fourth-order valence-corrected chi connectivity index (χ4v) is 6.81. The molecule has 1 saturated heterocycles. The van der Waals surface area contributed by atoms with Gasteiger partial charge in [-0.05, 0) is 36.8 Å². The predicted octanol–water partition coefficient (Wildman–Crippen LogP) is 3.12. The first-order valence-electron chi connectivity index (χ1n) is 11.0. The molecule has 5 nitrogen and oxygen atoms in total. The number of carbonyl (C=O) groups excluding carboxylic acids is 1. The first-order valence-corrected chi connectivity index (χ1v) is 12.8. The molecule has 2 heterocycles. The molecule has 1 aromatic rings. The maximum absolute atomic E-state index is 13.3. The largest absolute Gasteiger partial charge is 0.335 e. The molecular formula is C23H32N2O3S. The Morgan fingerprint density at radius 2 is 1.79 bits per heavy atom. The second kappa shape index (κ2) is 9.00. The number of amides is 1. The van der Waals surface area contributed by atoms with Crippen molar-refractivity contribution in [3.8, 4) is 0 Å². The molecule has 1 saturated carbocycles. The van der Waals surface area contributed by atoms with E-state index in [1.165, 1.54) is 17.6 Å². The zero-order valence-electron chi connectivity index (χ0n) is 17.1. The van der Waals surface area contributed by atoms with Gasteiger partial charge < -0.3 is 4.90 Å². The van der Waals surface area contributed by atoms with Crippen molar-refractivity contribution in [3.05, 3.63) is 42.0 Å². The summed E-state index contributed by atoms with van der Waals surface area (Å²) in [6.45, 7) is 2.04. The highest BCUT2D eigenvalue weighted by Crippen LogP contribution is 2.29. The van der Waals surface area contributed by atoms with E-state index in [0.717, 1.165) is 45.2 Å². The van der Waals surface area contributed by atoms with Crippen LogP contribution in [0.5, 0.6) is 0 Å². The van der Waals surface area contributed by atoms with Crippen LogP contribution < -0.4 is 0 Å². The number of rotatable bonds is 5. The van der Waals surface area contributed by atoms with E-state index in [-0.39, 0.29) is 29.5 Å². The summed E-state index contributed by atoms with van der Waals surface area (Å²) >= 11 is 0. The molecule has 0 aromatic heterocycles. The number of hydrogen-bond donors (Lipinski definition) is 0. The molecule has 1 unspecified atom stereocenters. The molecule has 2 aliphatic heterocycles. The summed E-state index contributed by atoms with van der Waals surface area (Å²) in [5.74, 6) is 0.490. The van der Waals surface area contributed by atoms with Crippen LogP contribution in [0.2, 0.25) is 0 Å². The van der Waals surface area contributed by atoms with Crippen molar-refractivity contribution in [3.63, 3.8) is 0 Å². The SMILES string of the molecule is O=C(CN1CC=C(c2ccccc2)CC1)N(C1CCCCC1)C1CCS(=O)(=O)C1. The fraction of sp³-hybridized carbons (Fsp3) is 0.609. The lowest BCUT2D eigenvalue weighted by molar-refractivity contribution is -0.137. The third-order valence-electron chi connectivity index (χ3n) is 6.65. The summed E-state index contributed by atoms with van der Waals surface area (Å²) in [5, 5.41) is 0. The smallest absolute Gasteiger partial charge is 0.237 e. The van der Waals surface area contributed by atoms with Crippen molar-refractivity contribution < 1.29 is 13.2 Å². The van der Waals surface area contributed by atoms with Crippen molar-refractivity contribution in [2.45, 2.75) is 57.0 Å². The average Bonchev–Trinajstić information content (AvgIpc) is 3.09. The van der Waals surface area contributed by atoms with E-state index >= 15 is 0 Å². The molecular weight excluding hydrogens is 384 g/mol. The van der Waals surface area contributed by atoms with Gasteiger partial charge in [-0.25, -0.2) is 8.42 Å². The van der Waals surface area contributed by atoms with Crippen LogP contribution in [0.3, 0.4) is 0 Å². The summed E-state index contributed by atoms with van der Waals surface area (Å²) < 4.78 is 24.1. The van der Waals surface area contributed by atoms with Gasteiger partial charge in [-0.2, -0.15) is 0 Å². The first kappa shape index (κ1) is 20.6. The Labute approximate surface area is 174 Å². The Balaban J connectivity index is 1.42. The van der Waals surface area contributed by atoms with Crippen molar-refractivity contribution in [2.24, 2.45) is 0 Å². The third kappa shape index (κ3) is 5.10. The maximum Gasteiger partial charge on any atom is 0.237 e. The minimum atomic E-state index is -3.00. The summed E-state index contributed by atoms with van der Waals surface area (Å²) in [5.41, 5.74) is 2.61. The number of benzene rings is 1. The van der Waals surface area contributed by atoms with Gasteiger partial charge in [0.25, 0.3) is 0 Å². The van der Waals surface area contributed by atoms with Gasteiger partial charge in [0.1, 0.15) is 0 Å². The summed E-state index contributed by atoms with van der Waals surface area (Å²) in [6, 6.07) is 10.5. The van der Waals surface area contributed by atoms with Crippen molar-refractivity contribution in [1.82, 2.24) is 9.80 Å². The van der Waals surface area contributed by atoms with Crippen molar-refractivity contribution in [1.29, 1.82) is 0 Å². The Kier molecular flexibility index (Phi) is 6.40. The van der Waals surface area contributed by atoms with Gasteiger partial charge >= 0.3 is 0 Å². The monoisotopic (exact) mass is 416 g/mol. The molecule has 0 spiro atoms. The summed E-state index contributed by atoms with van der Waals surface area (Å²) in [7, 11) is -3.00. The zero-order chi connectivity index (χ0) is 20.3. The Morgan fingerprint density at radius 1 is 1.03 bits per heavy atom. The topological polar surface area (TPSA) is 57.7 Å². The van der Waals surface area contributed by atoms with Crippen LogP contribution in [-0.2, 0) is 14.6 Å². The maximum atomic E-state index is 13.3. The van der Waals surface area contributed by atoms with E-state index in [2.05, 4.69) is 35.2 Å². The lowest BCUT2D eigenvalue weighted by atomic mass is 9.92. The number of hydrogen-bond acceptors (Lipinski definition) is 4. The Hall–Kier alpha value is -1.66. The molecule has 1 atom stereocenters. The number of nitrogens with zero attached hydrogens (tertiary/aromatic N) is 2. The molecule has 1 amide bonds. The Bertz CT molecular complexity index is 844. The van der Waals surface area contributed by atoms with E-state index in [0.29, 0.717) is 13.0 Å². The highest BCUT2D eigenvalue weighted by molar-refractivity contribution is 7.91. The van der Waals surface area contributed by atoms with E-state index in [1.807, 2.05) is 11.0 Å². The molecule has 0 N–H and O–H groups in total.